The molecule has 2 N–H and O–H groups in total. The number of hydrogen-bond donors (Lipinski definition) is 2. The van der Waals surface area contributed by atoms with Crippen molar-refractivity contribution in [3.05, 3.63) is 97.6 Å². The number of nitrogens with one attached hydrogen (secondary N) is 2. The molecule has 3 aromatic carbocycles. The Morgan fingerprint density at radius 2 is 1.46 bits per heavy atom. The third kappa shape index (κ3) is 4.91. The van der Waals surface area contributed by atoms with Crippen molar-refractivity contribution in [3.63, 3.8) is 0 Å². The molecule has 35 heavy (non-hydrogen) atoms. The van der Waals surface area contributed by atoms with Crippen LogP contribution in [0.3, 0.4) is 0 Å². The zero-order chi connectivity index (χ0) is 25.4. The molecular weight excluding hydrogens is 509 g/mol. The van der Waals surface area contributed by atoms with Gasteiger partial charge in [-0.2, -0.15) is 0 Å². The Bertz CT molecular complexity index is 1390. The van der Waals surface area contributed by atoms with Gasteiger partial charge >= 0.3 is 0 Å². The Hall–Kier alpha value is -3.32. The maximum Gasteiger partial charge on any atom is 0.283 e. The van der Waals surface area contributed by atoms with Gasteiger partial charge in [-0.25, -0.2) is 4.90 Å². The average molecular weight is 529 g/mol. The van der Waals surface area contributed by atoms with E-state index in [2.05, 4.69) is 10.6 Å². The summed E-state index contributed by atoms with van der Waals surface area (Å²) in [6.45, 7) is 5.89. The molecule has 1 heterocycles. The fourth-order valence-electron chi connectivity index (χ4n) is 3.90. The smallest absolute Gasteiger partial charge is 0.283 e. The van der Waals surface area contributed by atoms with E-state index in [1.165, 1.54) is 12.1 Å². The second kappa shape index (κ2) is 9.74. The summed E-state index contributed by atoms with van der Waals surface area (Å²) in [5, 5.41) is 6.03. The molecule has 0 aliphatic carbocycles. The van der Waals surface area contributed by atoms with Gasteiger partial charge in [0.2, 0.25) is 0 Å². The van der Waals surface area contributed by atoms with Gasteiger partial charge in [-0.1, -0.05) is 52.5 Å². The van der Waals surface area contributed by atoms with Gasteiger partial charge in [-0.15, -0.1) is 0 Å². The van der Waals surface area contributed by atoms with E-state index in [1.807, 2.05) is 32.9 Å². The summed E-state index contributed by atoms with van der Waals surface area (Å²) < 4.78 is 0. The summed E-state index contributed by atoms with van der Waals surface area (Å²) in [6, 6.07) is 14.9. The van der Waals surface area contributed by atoms with Crippen LogP contribution in [-0.2, 0) is 9.59 Å². The molecule has 0 spiro atoms. The molecule has 0 atom stereocenters. The van der Waals surface area contributed by atoms with E-state index in [9.17, 15) is 14.4 Å². The molecule has 1 aliphatic heterocycles. The van der Waals surface area contributed by atoms with Crippen molar-refractivity contribution in [2.45, 2.75) is 20.8 Å². The lowest BCUT2D eigenvalue weighted by Gasteiger charge is -2.17. The van der Waals surface area contributed by atoms with Crippen molar-refractivity contribution >= 4 is 69.6 Å². The SMILES string of the molecule is Cc1cc(C)c(NC(=O)c2ccc(NC3=C(Cl)C(=O)N(c4cc(Cl)ccc4Cl)C3=O)cc2)c(C)c1. The van der Waals surface area contributed by atoms with E-state index in [1.54, 1.807) is 30.3 Å². The van der Waals surface area contributed by atoms with Crippen LogP contribution >= 0.6 is 34.8 Å². The van der Waals surface area contributed by atoms with Crippen LogP contribution in [0.15, 0.2) is 65.3 Å². The van der Waals surface area contributed by atoms with E-state index in [0.717, 1.165) is 27.3 Å². The molecule has 0 unspecified atom stereocenters. The monoisotopic (exact) mass is 527 g/mol. The number of nitrogens with zero attached hydrogens (tertiary/aromatic N) is 1. The van der Waals surface area contributed by atoms with E-state index in [-0.39, 0.29) is 27.3 Å². The molecule has 6 nitrogen and oxygen atoms in total. The van der Waals surface area contributed by atoms with Crippen LogP contribution in [0.25, 0.3) is 0 Å². The number of anilines is 3. The molecule has 4 rings (SSSR count). The van der Waals surface area contributed by atoms with Crippen LogP contribution < -0.4 is 15.5 Å². The van der Waals surface area contributed by atoms with Gasteiger partial charge < -0.3 is 10.6 Å². The third-order valence-corrected chi connectivity index (χ3v) is 6.41. The molecule has 0 saturated carbocycles. The molecule has 1 aliphatic rings. The normalized spacial score (nSPS) is 13.5. The molecule has 0 aromatic heterocycles. The third-order valence-electron chi connectivity index (χ3n) is 5.51. The maximum atomic E-state index is 13.0. The highest BCUT2D eigenvalue weighted by Gasteiger charge is 2.40. The molecule has 9 heteroatoms. The van der Waals surface area contributed by atoms with E-state index < -0.39 is 11.8 Å². The molecule has 0 bridgehead atoms. The lowest BCUT2D eigenvalue weighted by molar-refractivity contribution is -0.120. The molecule has 0 radical (unpaired) electrons. The number of aryl methyl sites for hydroxylation is 3. The number of rotatable bonds is 5. The van der Waals surface area contributed by atoms with Gasteiger partial charge in [0.1, 0.15) is 10.7 Å². The topological polar surface area (TPSA) is 78.5 Å². The Kier molecular flexibility index (Phi) is 6.90. The summed E-state index contributed by atoms with van der Waals surface area (Å²) >= 11 is 18.4. The summed E-state index contributed by atoms with van der Waals surface area (Å²) in [7, 11) is 0. The van der Waals surface area contributed by atoms with Crippen LogP contribution in [0.2, 0.25) is 10.0 Å². The highest BCUT2D eigenvalue weighted by atomic mass is 35.5. The number of imide groups is 1. The first-order valence-electron chi connectivity index (χ1n) is 10.6. The number of amides is 3. The minimum atomic E-state index is -0.719. The van der Waals surface area contributed by atoms with Gasteiger partial charge in [0, 0.05) is 22.0 Å². The number of hydrogen-bond acceptors (Lipinski definition) is 4. The summed E-state index contributed by atoms with van der Waals surface area (Å²) in [6.07, 6.45) is 0. The van der Waals surface area contributed by atoms with Crippen molar-refractivity contribution in [2.75, 3.05) is 15.5 Å². The molecule has 0 fully saturated rings. The van der Waals surface area contributed by atoms with Crippen molar-refractivity contribution in [3.8, 4) is 0 Å². The largest absolute Gasteiger partial charge is 0.350 e. The van der Waals surface area contributed by atoms with Crippen molar-refractivity contribution < 1.29 is 14.4 Å². The first-order chi connectivity index (χ1) is 16.6. The van der Waals surface area contributed by atoms with Crippen LogP contribution in [0.5, 0.6) is 0 Å². The molecular formula is C26H20Cl3N3O3. The van der Waals surface area contributed by atoms with Crippen LogP contribution in [0.4, 0.5) is 17.1 Å². The highest BCUT2D eigenvalue weighted by molar-refractivity contribution is 6.54. The van der Waals surface area contributed by atoms with Crippen molar-refractivity contribution in [1.82, 2.24) is 0 Å². The quantitative estimate of drug-likeness (QED) is 0.365. The zero-order valence-electron chi connectivity index (χ0n) is 19.0. The predicted molar refractivity (Wildman–Crippen MR) is 141 cm³/mol. The maximum absolute atomic E-state index is 13.0. The van der Waals surface area contributed by atoms with Crippen LogP contribution in [0, 0.1) is 20.8 Å². The second-order valence-corrected chi connectivity index (χ2v) is 9.38. The van der Waals surface area contributed by atoms with Crippen molar-refractivity contribution in [2.24, 2.45) is 0 Å². The van der Waals surface area contributed by atoms with E-state index in [4.69, 9.17) is 34.8 Å². The Labute approximate surface area is 217 Å². The molecule has 178 valence electrons. The zero-order valence-corrected chi connectivity index (χ0v) is 21.3. The number of benzene rings is 3. The summed E-state index contributed by atoms with van der Waals surface area (Å²) in [5.74, 6) is -1.66. The minimum Gasteiger partial charge on any atom is -0.350 e. The summed E-state index contributed by atoms with van der Waals surface area (Å²) in [4.78, 5) is 39.3. The van der Waals surface area contributed by atoms with E-state index in [0.29, 0.717) is 16.3 Å². The molecule has 0 saturated heterocycles. The van der Waals surface area contributed by atoms with Crippen molar-refractivity contribution in [1.29, 1.82) is 0 Å². The fourth-order valence-corrected chi connectivity index (χ4v) is 4.48. The van der Waals surface area contributed by atoms with Gasteiger partial charge in [0.15, 0.2) is 0 Å². The van der Waals surface area contributed by atoms with Gasteiger partial charge in [-0.3, -0.25) is 14.4 Å². The van der Waals surface area contributed by atoms with Crippen LogP contribution in [-0.4, -0.2) is 17.7 Å². The number of halogens is 3. The standard InChI is InChI=1S/C26H20Cl3N3O3/c1-13-10-14(2)22(15(3)11-13)31-24(33)16-4-7-18(8-5-16)30-23-21(29)25(34)32(26(23)35)20-12-17(27)6-9-19(20)28/h4-12,30H,1-3H3,(H,31,33). The van der Waals surface area contributed by atoms with Crippen LogP contribution in [0.1, 0.15) is 27.0 Å². The number of carbonyl (C=O) groups is 3. The van der Waals surface area contributed by atoms with Gasteiger partial charge in [0.25, 0.3) is 17.7 Å². The molecule has 3 aromatic rings. The summed E-state index contributed by atoms with van der Waals surface area (Å²) in [5.41, 5.74) is 4.78. The Morgan fingerprint density at radius 3 is 2.09 bits per heavy atom. The Morgan fingerprint density at radius 1 is 0.829 bits per heavy atom. The number of carbonyl (C=O) groups excluding carboxylic acids is 3. The van der Waals surface area contributed by atoms with Gasteiger partial charge in [-0.05, 0) is 74.4 Å². The first kappa shape index (κ1) is 24.8. The highest BCUT2D eigenvalue weighted by Crippen LogP contribution is 2.36. The lowest BCUT2D eigenvalue weighted by Crippen LogP contribution is -2.32. The Balaban J connectivity index is 1.51. The fraction of sp³-hybridized carbons (Fsp3) is 0.115. The predicted octanol–water partition coefficient (Wildman–Crippen LogP) is 6.61. The lowest BCUT2D eigenvalue weighted by atomic mass is 10.0. The second-order valence-electron chi connectivity index (χ2n) is 8.16. The minimum absolute atomic E-state index is 0.101. The average Bonchev–Trinajstić information content (AvgIpc) is 3.01. The van der Waals surface area contributed by atoms with E-state index >= 15 is 0 Å². The molecule has 3 amide bonds. The first-order valence-corrected chi connectivity index (χ1v) is 11.7. The van der Waals surface area contributed by atoms with Gasteiger partial charge in [0.05, 0.1) is 10.7 Å².